The Hall–Kier alpha value is -1.60. The highest BCUT2D eigenvalue weighted by Crippen LogP contribution is 2.38. The minimum Gasteiger partial charge on any atom is -0.496 e. The van der Waals surface area contributed by atoms with Crippen LogP contribution in [-0.2, 0) is 4.79 Å². The zero-order chi connectivity index (χ0) is 15.4. The molecule has 0 saturated heterocycles. The molecule has 0 aromatic heterocycles. The number of carbonyl (C=O) groups is 1. The minimum atomic E-state index is -0.0840. The number of hydrogen-bond donors (Lipinski definition) is 0. The number of aliphatic imine (C=N–C) groups is 1. The van der Waals surface area contributed by atoms with Crippen molar-refractivity contribution in [1.82, 2.24) is 0 Å². The van der Waals surface area contributed by atoms with E-state index in [-0.39, 0.29) is 5.12 Å². The Bertz CT molecular complexity index is 600. The summed E-state index contributed by atoms with van der Waals surface area (Å²) in [6, 6.07) is 3.47. The minimum absolute atomic E-state index is 0.0840. The molecule has 7 heteroatoms. The number of rotatable bonds is 4. The first-order valence-corrected chi connectivity index (χ1v) is 8.03. The van der Waals surface area contributed by atoms with E-state index in [0.29, 0.717) is 28.5 Å². The van der Waals surface area contributed by atoms with Crippen LogP contribution >= 0.6 is 23.5 Å². The lowest BCUT2D eigenvalue weighted by molar-refractivity contribution is -0.107. The lowest BCUT2D eigenvalue weighted by Gasteiger charge is -2.12. The van der Waals surface area contributed by atoms with Crippen LogP contribution in [0.4, 0.5) is 0 Å². The normalized spacial score (nSPS) is 16.1. The molecule has 0 saturated carbocycles. The highest BCUT2D eigenvalue weighted by Gasteiger charge is 2.23. The summed E-state index contributed by atoms with van der Waals surface area (Å²) >= 11 is 2.57. The highest BCUT2D eigenvalue weighted by molar-refractivity contribution is 8.45. The third-order valence-corrected chi connectivity index (χ3v) is 4.66. The van der Waals surface area contributed by atoms with Crippen molar-refractivity contribution in [3.05, 3.63) is 23.4 Å². The van der Waals surface area contributed by atoms with Gasteiger partial charge in [-0.1, -0.05) is 0 Å². The highest BCUT2D eigenvalue weighted by atomic mass is 32.2. The third kappa shape index (κ3) is 3.36. The van der Waals surface area contributed by atoms with Gasteiger partial charge in [0.15, 0.2) is 0 Å². The number of hydrogen-bond acceptors (Lipinski definition) is 7. The van der Waals surface area contributed by atoms with Gasteiger partial charge in [-0.05, 0) is 24.1 Å². The number of carbonyl (C=O) groups excluding carboxylic acids is 1. The van der Waals surface area contributed by atoms with Gasteiger partial charge in [0.1, 0.15) is 27.3 Å². The molecule has 0 atom stereocenters. The van der Waals surface area contributed by atoms with Crippen molar-refractivity contribution in [3.63, 3.8) is 0 Å². The number of thioether (sulfide) groups is 2. The molecule has 0 aliphatic carbocycles. The van der Waals surface area contributed by atoms with Gasteiger partial charge in [0.25, 0.3) is 0 Å². The van der Waals surface area contributed by atoms with Crippen molar-refractivity contribution in [2.75, 3.05) is 27.6 Å². The molecule has 21 heavy (non-hydrogen) atoms. The van der Waals surface area contributed by atoms with Gasteiger partial charge in [-0.3, -0.25) is 4.79 Å². The van der Waals surface area contributed by atoms with E-state index in [2.05, 4.69) is 4.99 Å². The Balaban J connectivity index is 2.53. The number of methoxy groups -OCH3 is 3. The lowest BCUT2D eigenvalue weighted by atomic mass is 10.1. The molecule has 1 aliphatic rings. The quantitative estimate of drug-likeness (QED) is 0.793. The lowest BCUT2D eigenvalue weighted by Crippen LogP contribution is -1.96. The van der Waals surface area contributed by atoms with E-state index >= 15 is 0 Å². The van der Waals surface area contributed by atoms with Crippen LogP contribution in [0.5, 0.6) is 17.2 Å². The van der Waals surface area contributed by atoms with Gasteiger partial charge in [-0.25, -0.2) is 4.99 Å². The zero-order valence-corrected chi connectivity index (χ0v) is 13.8. The van der Waals surface area contributed by atoms with Crippen molar-refractivity contribution in [2.24, 2.45) is 4.99 Å². The molecule has 112 valence electrons. The van der Waals surface area contributed by atoms with Crippen molar-refractivity contribution in [1.29, 1.82) is 0 Å². The Morgan fingerprint density at radius 3 is 2.19 bits per heavy atom. The molecule has 0 N–H and O–H groups in total. The fraction of sp³-hybridized carbons (Fsp3) is 0.286. The van der Waals surface area contributed by atoms with E-state index in [9.17, 15) is 4.79 Å². The van der Waals surface area contributed by atoms with E-state index < -0.39 is 0 Å². The van der Waals surface area contributed by atoms with Gasteiger partial charge >= 0.3 is 0 Å². The van der Waals surface area contributed by atoms with Gasteiger partial charge < -0.3 is 14.2 Å². The first-order chi connectivity index (χ1) is 10.1. The first-order valence-electron chi connectivity index (χ1n) is 5.99. The SMILES string of the molecule is COc1cc(OC)c(C=C2N=C(SC)SC2=O)c(OC)c1. The van der Waals surface area contributed by atoms with Crippen LogP contribution in [0.15, 0.2) is 22.8 Å². The summed E-state index contributed by atoms with van der Waals surface area (Å²) in [4.78, 5) is 16.2. The average molecular weight is 325 g/mol. The molecule has 0 bridgehead atoms. The molecule has 1 aromatic carbocycles. The molecule has 0 unspecified atom stereocenters. The molecule has 1 aliphatic heterocycles. The second kappa shape index (κ2) is 6.91. The maximum atomic E-state index is 11.9. The van der Waals surface area contributed by atoms with Crippen LogP contribution in [0.1, 0.15) is 5.56 Å². The molecule has 0 amide bonds. The predicted molar refractivity (Wildman–Crippen MR) is 87.6 cm³/mol. The van der Waals surface area contributed by atoms with Crippen LogP contribution < -0.4 is 14.2 Å². The largest absolute Gasteiger partial charge is 0.496 e. The van der Waals surface area contributed by atoms with E-state index in [1.165, 1.54) is 11.8 Å². The second-order valence-corrected chi connectivity index (χ2v) is 5.96. The van der Waals surface area contributed by atoms with Crippen molar-refractivity contribution < 1.29 is 19.0 Å². The molecule has 0 radical (unpaired) electrons. The van der Waals surface area contributed by atoms with Crippen LogP contribution in [-0.4, -0.2) is 37.1 Å². The van der Waals surface area contributed by atoms with Gasteiger partial charge in [0.05, 0.1) is 26.9 Å². The first kappa shape index (κ1) is 15.8. The van der Waals surface area contributed by atoms with Crippen molar-refractivity contribution >= 4 is 39.1 Å². The molecular weight excluding hydrogens is 310 g/mol. The molecule has 2 rings (SSSR count). The summed E-state index contributed by atoms with van der Waals surface area (Å²) in [7, 11) is 4.68. The molecule has 1 heterocycles. The van der Waals surface area contributed by atoms with Crippen LogP contribution in [0.2, 0.25) is 0 Å². The van der Waals surface area contributed by atoms with Gasteiger partial charge in [-0.2, -0.15) is 0 Å². The third-order valence-electron chi connectivity index (χ3n) is 2.81. The summed E-state index contributed by atoms with van der Waals surface area (Å²) < 4.78 is 16.6. The number of ether oxygens (including phenoxy) is 3. The van der Waals surface area contributed by atoms with Crippen LogP contribution in [0, 0.1) is 0 Å². The molecule has 0 fully saturated rings. The van der Waals surface area contributed by atoms with Gasteiger partial charge in [0.2, 0.25) is 5.12 Å². The van der Waals surface area contributed by atoms with Crippen LogP contribution in [0.25, 0.3) is 6.08 Å². The second-order valence-electron chi connectivity index (χ2n) is 3.95. The Morgan fingerprint density at radius 1 is 1.14 bits per heavy atom. The topological polar surface area (TPSA) is 57.1 Å². The summed E-state index contributed by atoms with van der Waals surface area (Å²) in [6.45, 7) is 0. The molecule has 0 spiro atoms. The Kier molecular flexibility index (Phi) is 5.19. The van der Waals surface area contributed by atoms with E-state index in [0.717, 1.165) is 16.1 Å². The molecule has 5 nitrogen and oxygen atoms in total. The number of benzene rings is 1. The monoisotopic (exact) mass is 325 g/mol. The fourth-order valence-corrected chi connectivity index (χ4v) is 3.05. The summed E-state index contributed by atoms with van der Waals surface area (Å²) in [5.74, 6) is 1.74. The molecular formula is C14H15NO4S2. The van der Waals surface area contributed by atoms with E-state index in [1.807, 2.05) is 6.26 Å². The maximum absolute atomic E-state index is 11.9. The van der Waals surface area contributed by atoms with Crippen LogP contribution in [0.3, 0.4) is 0 Å². The van der Waals surface area contributed by atoms with Gasteiger partial charge in [-0.15, -0.1) is 11.8 Å². The molecule has 1 aromatic rings. The van der Waals surface area contributed by atoms with E-state index in [4.69, 9.17) is 14.2 Å². The predicted octanol–water partition coefficient (Wildman–Crippen LogP) is 3.05. The van der Waals surface area contributed by atoms with Crippen molar-refractivity contribution in [3.8, 4) is 17.2 Å². The van der Waals surface area contributed by atoms with Gasteiger partial charge in [0, 0.05) is 12.1 Å². The standard InChI is InChI=1S/C14H15NO4S2/c1-17-8-5-11(18-2)9(12(6-8)19-3)7-10-13(16)21-14(15-10)20-4/h5-7H,1-4H3. The Morgan fingerprint density at radius 2 is 1.76 bits per heavy atom. The Labute approximate surface area is 131 Å². The fourth-order valence-electron chi connectivity index (χ4n) is 1.79. The number of nitrogens with zero attached hydrogens (tertiary/aromatic N) is 1. The van der Waals surface area contributed by atoms with E-state index in [1.54, 1.807) is 39.5 Å². The smallest absolute Gasteiger partial charge is 0.244 e. The van der Waals surface area contributed by atoms with Crippen molar-refractivity contribution in [2.45, 2.75) is 0 Å². The maximum Gasteiger partial charge on any atom is 0.244 e. The average Bonchev–Trinajstić information content (AvgIpc) is 2.87. The zero-order valence-electron chi connectivity index (χ0n) is 12.1. The summed E-state index contributed by atoms with van der Waals surface area (Å²) in [5, 5.41) is -0.0840. The summed E-state index contributed by atoms with van der Waals surface area (Å²) in [5.41, 5.74) is 1.04. The summed E-state index contributed by atoms with van der Waals surface area (Å²) in [6.07, 6.45) is 3.56.